The predicted molar refractivity (Wildman–Crippen MR) is 70.8 cm³/mol. The number of aromatic nitrogens is 2. The van der Waals surface area contributed by atoms with Crippen molar-refractivity contribution in [2.75, 3.05) is 5.32 Å². The van der Waals surface area contributed by atoms with Crippen molar-refractivity contribution < 1.29 is 9.32 Å². The second-order valence-corrected chi connectivity index (χ2v) is 4.41. The van der Waals surface area contributed by atoms with Gasteiger partial charge in [-0.1, -0.05) is 5.16 Å². The van der Waals surface area contributed by atoms with Crippen LogP contribution in [0, 0.1) is 20.8 Å². The molecule has 0 bridgehead atoms. The highest BCUT2D eigenvalue weighted by Crippen LogP contribution is 2.08. The molecule has 0 spiro atoms. The van der Waals surface area contributed by atoms with Crippen molar-refractivity contribution in [2.45, 2.75) is 27.3 Å². The van der Waals surface area contributed by atoms with Gasteiger partial charge in [-0.2, -0.15) is 0 Å². The molecule has 2 amide bonds. The molecule has 0 saturated heterocycles. The molecule has 6 heteroatoms. The topological polar surface area (TPSA) is 80.0 Å². The Balaban J connectivity index is 1.90. The van der Waals surface area contributed by atoms with Crippen molar-refractivity contribution in [3.05, 3.63) is 40.9 Å². The lowest BCUT2D eigenvalue weighted by Crippen LogP contribution is -2.28. The lowest BCUT2D eigenvalue weighted by atomic mass is 10.2. The van der Waals surface area contributed by atoms with Crippen molar-refractivity contribution in [3.8, 4) is 0 Å². The molecule has 2 aromatic heterocycles. The Morgan fingerprint density at radius 3 is 2.63 bits per heavy atom. The van der Waals surface area contributed by atoms with E-state index in [4.69, 9.17) is 4.52 Å². The van der Waals surface area contributed by atoms with E-state index in [-0.39, 0.29) is 12.6 Å². The molecule has 0 unspecified atom stereocenters. The van der Waals surface area contributed by atoms with Crippen molar-refractivity contribution in [1.82, 2.24) is 15.5 Å². The Kier molecular flexibility index (Phi) is 3.79. The minimum Gasteiger partial charge on any atom is -0.359 e. The summed E-state index contributed by atoms with van der Waals surface area (Å²) in [6.45, 7) is 5.95. The average Bonchev–Trinajstić information content (AvgIpc) is 2.71. The van der Waals surface area contributed by atoms with Gasteiger partial charge in [-0.3, -0.25) is 5.32 Å². The summed E-state index contributed by atoms with van der Waals surface area (Å²) in [7, 11) is 0. The lowest BCUT2D eigenvalue weighted by Gasteiger charge is -2.07. The Bertz CT molecular complexity index is 572. The number of nitrogens with zero attached hydrogens (tertiary/aromatic N) is 2. The van der Waals surface area contributed by atoms with Gasteiger partial charge in [-0.05, 0) is 38.5 Å². The third-order valence-electron chi connectivity index (χ3n) is 2.44. The molecule has 0 fully saturated rings. The maximum atomic E-state index is 11.7. The SMILES string of the molecule is Cc1cc(C)nc(NC(=O)NCc2cc(C)no2)c1. The van der Waals surface area contributed by atoms with E-state index in [1.807, 2.05) is 32.9 Å². The summed E-state index contributed by atoms with van der Waals surface area (Å²) >= 11 is 0. The van der Waals surface area contributed by atoms with Gasteiger partial charge in [0.25, 0.3) is 0 Å². The third-order valence-corrected chi connectivity index (χ3v) is 2.44. The zero-order valence-corrected chi connectivity index (χ0v) is 11.2. The van der Waals surface area contributed by atoms with Crippen LogP contribution < -0.4 is 10.6 Å². The molecule has 19 heavy (non-hydrogen) atoms. The lowest BCUT2D eigenvalue weighted by molar-refractivity contribution is 0.250. The zero-order chi connectivity index (χ0) is 13.8. The summed E-state index contributed by atoms with van der Waals surface area (Å²) in [6.07, 6.45) is 0. The Labute approximate surface area is 111 Å². The molecule has 2 heterocycles. The number of carbonyl (C=O) groups is 1. The quantitative estimate of drug-likeness (QED) is 0.887. The van der Waals surface area contributed by atoms with Gasteiger partial charge >= 0.3 is 6.03 Å². The van der Waals surface area contributed by atoms with E-state index in [2.05, 4.69) is 20.8 Å². The van der Waals surface area contributed by atoms with Gasteiger partial charge in [0.1, 0.15) is 5.82 Å². The van der Waals surface area contributed by atoms with Crippen molar-refractivity contribution in [2.24, 2.45) is 0 Å². The van der Waals surface area contributed by atoms with Crippen LogP contribution in [0.3, 0.4) is 0 Å². The van der Waals surface area contributed by atoms with Crippen LogP contribution in [0.2, 0.25) is 0 Å². The Hall–Kier alpha value is -2.37. The molecule has 2 N–H and O–H groups in total. The fourth-order valence-electron chi connectivity index (χ4n) is 1.73. The number of urea groups is 1. The molecule has 0 atom stereocenters. The minimum atomic E-state index is -0.327. The van der Waals surface area contributed by atoms with Crippen LogP contribution in [-0.2, 0) is 6.54 Å². The van der Waals surface area contributed by atoms with Gasteiger partial charge in [-0.15, -0.1) is 0 Å². The van der Waals surface area contributed by atoms with Crippen molar-refractivity contribution in [1.29, 1.82) is 0 Å². The van der Waals surface area contributed by atoms with E-state index < -0.39 is 0 Å². The van der Waals surface area contributed by atoms with Crippen molar-refractivity contribution in [3.63, 3.8) is 0 Å². The molecule has 2 aromatic rings. The van der Waals surface area contributed by atoms with Gasteiger partial charge in [0.05, 0.1) is 12.2 Å². The maximum absolute atomic E-state index is 11.7. The minimum absolute atomic E-state index is 0.289. The van der Waals surface area contributed by atoms with Crippen LogP contribution >= 0.6 is 0 Å². The predicted octanol–water partition coefficient (Wildman–Crippen LogP) is 2.32. The Morgan fingerprint density at radius 1 is 1.21 bits per heavy atom. The summed E-state index contributed by atoms with van der Waals surface area (Å²) in [5, 5.41) is 9.10. The monoisotopic (exact) mass is 260 g/mol. The van der Waals surface area contributed by atoms with Gasteiger partial charge in [0.15, 0.2) is 5.76 Å². The van der Waals surface area contributed by atoms with Crippen LogP contribution in [0.4, 0.5) is 10.6 Å². The first-order chi connectivity index (χ1) is 9.02. The highest BCUT2D eigenvalue weighted by atomic mass is 16.5. The van der Waals surface area contributed by atoms with Gasteiger partial charge in [0.2, 0.25) is 0 Å². The normalized spacial score (nSPS) is 10.3. The molecular formula is C13H16N4O2. The molecule has 100 valence electrons. The van der Waals surface area contributed by atoms with Crippen LogP contribution in [0.5, 0.6) is 0 Å². The first-order valence-corrected chi connectivity index (χ1v) is 5.95. The maximum Gasteiger partial charge on any atom is 0.320 e. The van der Waals surface area contributed by atoms with Gasteiger partial charge in [0, 0.05) is 11.8 Å². The Morgan fingerprint density at radius 2 is 2.00 bits per heavy atom. The van der Waals surface area contributed by atoms with Crippen LogP contribution in [0.25, 0.3) is 0 Å². The van der Waals surface area contributed by atoms with Crippen LogP contribution in [-0.4, -0.2) is 16.2 Å². The van der Waals surface area contributed by atoms with Gasteiger partial charge < -0.3 is 9.84 Å². The van der Waals surface area contributed by atoms with E-state index in [9.17, 15) is 4.79 Å². The first-order valence-electron chi connectivity index (χ1n) is 5.95. The first kappa shape index (κ1) is 13.1. The number of aryl methyl sites for hydroxylation is 3. The van der Waals surface area contributed by atoms with E-state index in [1.54, 1.807) is 6.07 Å². The molecule has 0 saturated carbocycles. The second kappa shape index (κ2) is 5.51. The number of nitrogens with one attached hydrogen (secondary N) is 2. The largest absolute Gasteiger partial charge is 0.359 e. The van der Waals surface area contributed by atoms with E-state index >= 15 is 0 Å². The van der Waals surface area contributed by atoms with Gasteiger partial charge in [-0.25, -0.2) is 9.78 Å². The molecule has 0 aliphatic carbocycles. The van der Waals surface area contributed by atoms with E-state index in [1.165, 1.54) is 0 Å². The number of hydrogen-bond acceptors (Lipinski definition) is 4. The molecule has 0 radical (unpaired) electrons. The van der Waals surface area contributed by atoms with Crippen LogP contribution in [0.1, 0.15) is 22.7 Å². The second-order valence-electron chi connectivity index (χ2n) is 4.41. The molecular weight excluding hydrogens is 244 g/mol. The zero-order valence-electron chi connectivity index (χ0n) is 11.2. The number of anilines is 1. The average molecular weight is 260 g/mol. The van der Waals surface area contributed by atoms with E-state index in [0.29, 0.717) is 11.6 Å². The standard InChI is InChI=1S/C13H16N4O2/c1-8-4-9(2)15-12(5-8)16-13(18)14-7-11-6-10(3)17-19-11/h4-6H,7H2,1-3H3,(H2,14,15,16,18). The number of carbonyl (C=O) groups excluding carboxylic acids is 1. The summed E-state index contributed by atoms with van der Waals surface area (Å²) in [5.74, 6) is 1.14. The summed E-state index contributed by atoms with van der Waals surface area (Å²) < 4.78 is 4.99. The number of pyridine rings is 1. The molecule has 2 rings (SSSR count). The molecule has 6 nitrogen and oxygen atoms in total. The fourth-order valence-corrected chi connectivity index (χ4v) is 1.73. The number of hydrogen-bond donors (Lipinski definition) is 2. The smallest absolute Gasteiger partial charge is 0.320 e. The molecule has 0 aliphatic rings. The molecule has 0 aliphatic heterocycles. The summed E-state index contributed by atoms with van der Waals surface area (Å²) in [5.41, 5.74) is 2.70. The highest BCUT2D eigenvalue weighted by molar-refractivity contribution is 5.88. The molecule has 0 aromatic carbocycles. The fraction of sp³-hybridized carbons (Fsp3) is 0.308. The highest BCUT2D eigenvalue weighted by Gasteiger charge is 2.06. The van der Waals surface area contributed by atoms with Crippen molar-refractivity contribution >= 4 is 11.8 Å². The van der Waals surface area contributed by atoms with Crippen LogP contribution in [0.15, 0.2) is 22.7 Å². The van der Waals surface area contributed by atoms with E-state index in [0.717, 1.165) is 17.0 Å². The summed E-state index contributed by atoms with van der Waals surface area (Å²) in [4.78, 5) is 15.9. The third kappa shape index (κ3) is 3.80. The number of rotatable bonds is 3. The number of amides is 2. The summed E-state index contributed by atoms with van der Waals surface area (Å²) in [6, 6.07) is 5.20.